The van der Waals surface area contributed by atoms with Crippen LogP contribution >= 0.6 is 0 Å². The van der Waals surface area contributed by atoms with Crippen molar-refractivity contribution in [3.63, 3.8) is 0 Å². The Hall–Kier alpha value is -3.47. The molecular weight excluding hydrogens is 348 g/mol. The van der Waals surface area contributed by atoms with Crippen LogP contribution < -0.4 is 0 Å². The predicted molar refractivity (Wildman–Crippen MR) is 86.9 cm³/mol. The Bertz CT molecular complexity index is 1010. The summed E-state index contributed by atoms with van der Waals surface area (Å²) >= 11 is 0. The first-order chi connectivity index (χ1) is 12.4. The van der Waals surface area contributed by atoms with E-state index in [1.54, 1.807) is 24.3 Å². The lowest BCUT2D eigenvalue weighted by Crippen LogP contribution is -2.05. The van der Waals surface area contributed by atoms with Crippen molar-refractivity contribution in [2.75, 3.05) is 0 Å². The summed E-state index contributed by atoms with van der Waals surface area (Å²) in [5, 5.41) is 18.9. The van der Waals surface area contributed by atoms with Gasteiger partial charge in [0.15, 0.2) is 5.69 Å². The second kappa shape index (κ2) is 6.80. The van der Waals surface area contributed by atoms with Gasteiger partial charge in [-0.2, -0.15) is 18.4 Å². The maximum atomic E-state index is 13.8. The molecule has 0 amide bonds. The number of halogens is 4. The highest BCUT2D eigenvalue weighted by Crippen LogP contribution is 2.31. The number of aromatic amines is 1. The summed E-state index contributed by atoms with van der Waals surface area (Å²) in [6.07, 6.45) is -1.80. The molecule has 1 aromatic heterocycles. The van der Waals surface area contributed by atoms with E-state index in [9.17, 15) is 17.6 Å². The van der Waals surface area contributed by atoms with Gasteiger partial charge < -0.3 is 0 Å². The summed E-state index contributed by atoms with van der Waals surface area (Å²) in [6.45, 7) is 0. The van der Waals surface area contributed by atoms with Crippen LogP contribution in [0.2, 0.25) is 0 Å². The number of aromatic nitrogens is 3. The largest absolute Gasteiger partial charge is 0.416 e. The highest BCUT2D eigenvalue weighted by atomic mass is 19.4. The Labute approximate surface area is 145 Å². The van der Waals surface area contributed by atoms with Gasteiger partial charge in [0.05, 0.1) is 5.56 Å². The van der Waals surface area contributed by atoms with Crippen molar-refractivity contribution in [2.24, 2.45) is 0 Å². The Balaban J connectivity index is 1.93. The fourth-order valence-electron chi connectivity index (χ4n) is 2.33. The third kappa shape index (κ3) is 3.62. The molecule has 0 radical (unpaired) electrons. The molecule has 2 aromatic carbocycles. The van der Waals surface area contributed by atoms with Crippen molar-refractivity contribution in [1.29, 1.82) is 5.26 Å². The van der Waals surface area contributed by atoms with Crippen molar-refractivity contribution >= 4 is 12.2 Å². The smallest absolute Gasteiger partial charge is 0.247 e. The van der Waals surface area contributed by atoms with Gasteiger partial charge in [0.1, 0.15) is 17.6 Å². The number of nitrogens with one attached hydrogen (secondary N) is 1. The molecule has 4 nitrogen and oxygen atoms in total. The molecule has 0 saturated carbocycles. The van der Waals surface area contributed by atoms with Gasteiger partial charge in [-0.25, -0.2) is 9.49 Å². The molecular formula is C18H10F4N4. The number of benzene rings is 2. The molecule has 0 aliphatic heterocycles. The number of nitrogens with zero attached hydrogens (tertiary/aromatic N) is 3. The Morgan fingerprint density at radius 3 is 2.62 bits per heavy atom. The Morgan fingerprint density at radius 1 is 1.08 bits per heavy atom. The van der Waals surface area contributed by atoms with Crippen molar-refractivity contribution < 1.29 is 17.6 Å². The molecule has 0 aliphatic rings. The quantitative estimate of drug-likeness (QED) is 0.546. The fourth-order valence-corrected chi connectivity index (χ4v) is 2.33. The van der Waals surface area contributed by atoms with E-state index in [-0.39, 0.29) is 11.3 Å². The van der Waals surface area contributed by atoms with Gasteiger partial charge in [-0.05, 0) is 29.8 Å². The number of alkyl halides is 3. The van der Waals surface area contributed by atoms with E-state index in [0.717, 1.165) is 12.1 Å². The van der Waals surface area contributed by atoms with Crippen LogP contribution in [0.25, 0.3) is 23.4 Å². The Kier molecular flexibility index (Phi) is 4.54. The minimum Gasteiger partial charge on any atom is -0.247 e. The molecule has 0 saturated heterocycles. The van der Waals surface area contributed by atoms with Crippen LogP contribution in [-0.2, 0) is 6.18 Å². The van der Waals surface area contributed by atoms with Crippen molar-refractivity contribution in [2.45, 2.75) is 6.18 Å². The fraction of sp³-hybridized carbons (Fsp3) is 0.0556. The van der Waals surface area contributed by atoms with Gasteiger partial charge in [-0.15, -0.1) is 5.10 Å². The normalized spacial score (nSPS) is 11.7. The monoisotopic (exact) mass is 358 g/mol. The number of nitriles is 1. The molecule has 26 heavy (non-hydrogen) atoms. The van der Waals surface area contributed by atoms with E-state index in [0.29, 0.717) is 22.9 Å². The molecule has 8 heteroatoms. The lowest BCUT2D eigenvalue weighted by atomic mass is 10.0. The van der Waals surface area contributed by atoms with Crippen LogP contribution in [0.3, 0.4) is 0 Å². The highest BCUT2D eigenvalue weighted by molar-refractivity contribution is 5.74. The van der Waals surface area contributed by atoms with E-state index >= 15 is 0 Å². The van der Waals surface area contributed by atoms with Crippen molar-refractivity contribution in [1.82, 2.24) is 15.4 Å². The second-order valence-corrected chi connectivity index (χ2v) is 5.34. The van der Waals surface area contributed by atoms with E-state index in [1.165, 1.54) is 12.2 Å². The zero-order valence-corrected chi connectivity index (χ0v) is 13.0. The SMILES string of the molecule is N#Cc1[nH]nnc1-c1cccc(/C=C/c2cc(C(F)(F)F)ccc2F)c1. The summed E-state index contributed by atoms with van der Waals surface area (Å²) in [5.74, 6) is -0.756. The number of hydrogen-bond acceptors (Lipinski definition) is 3. The number of H-pyrrole nitrogens is 1. The summed E-state index contributed by atoms with van der Waals surface area (Å²) in [5.41, 5.74) is 0.647. The van der Waals surface area contributed by atoms with Gasteiger partial charge in [0.25, 0.3) is 0 Å². The van der Waals surface area contributed by atoms with Crippen LogP contribution in [0, 0.1) is 17.1 Å². The summed E-state index contributed by atoms with van der Waals surface area (Å²) in [6, 6.07) is 10.9. The van der Waals surface area contributed by atoms with Gasteiger partial charge in [0, 0.05) is 11.1 Å². The Morgan fingerprint density at radius 2 is 1.88 bits per heavy atom. The first kappa shape index (κ1) is 17.4. The minimum absolute atomic E-state index is 0.177. The maximum absolute atomic E-state index is 13.8. The molecule has 1 heterocycles. The molecule has 0 unspecified atom stereocenters. The van der Waals surface area contributed by atoms with Crippen LogP contribution in [-0.4, -0.2) is 15.4 Å². The van der Waals surface area contributed by atoms with Crippen LogP contribution in [0.15, 0.2) is 42.5 Å². The third-order valence-electron chi connectivity index (χ3n) is 3.60. The zero-order chi connectivity index (χ0) is 18.7. The van der Waals surface area contributed by atoms with Gasteiger partial charge in [0.2, 0.25) is 0 Å². The van der Waals surface area contributed by atoms with Crippen molar-refractivity contribution in [3.8, 4) is 17.3 Å². The molecule has 3 aromatic rings. The van der Waals surface area contributed by atoms with Gasteiger partial charge in [-0.3, -0.25) is 0 Å². The van der Waals surface area contributed by atoms with Crippen LogP contribution in [0.5, 0.6) is 0 Å². The molecule has 0 atom stereocenters. The molecule has 130 valence electrons. The van der Waals surface area contributed by atoms with Crippen LogP contribution in [0.1, 0.15) is 22.4 Å². The number of hydrogen-bond donors (Lipinski definition) is 1. The molecule has 0 aliphatic carbocycles. The average molecular weight is 358 g/mol. The molecule has 0 bridgehead atoms. The van der Waals surface area contributed by atoms with E-state index in [2.05, 4.69) is 15.4 Å². The third-order valence-corrected chi connectivity index (χ3v) is 3.60. The van der Waals surface area contributed by atoms with Gasteiger partial charge in [-0.1, -0.05) is 35.6 Å². The first-order valence-corrected chi connectivity index (χ1v) is 7.35. The van der Waals surface area contributed by atoms with E-state index in [4.69, 9.17) is 5.26 Å². The number of rotatable bonds is 3. The highest BCUT2D eigenvalue weighted by Gasteiger charge is 2.30. The average Bonchev–Trinajstić information content (AvgIpc) is 3.09. The summed E-state index contributed by atoms with van der Waals surface area (Å²) in [7, 11) is 0. The first-order valence-electron chi connectivity index (χ1n) is 7.35. The minimum atomic E-state index is -4.54. The molecule has 0 fully saturated rings. The van der Waals surface area contributed by atoms with E-state index in [1.807, 2.05) is 6.07 Å². The van der Waals surface area contributed by atoms with Gasteiger partial charge >= 0.3 is 6.18 Å². The second-order valence-electron chi connectivity index (χ2n) is 5.34. The molecule has 0 spiro atoms. The lowest BCUT2D eigenvalue weighted by molar-refractivity contribution is -0.137. The van der Waals surface area contributed by atoms with Crippen molar-refractivity contribution in [3.05, 3.63) is 70.7 Å². The molecule has 1 N–H and O–H groups in total. The van der Waals surface area contributed by atoms with E-state index < -0.39 is 17.6 Å². The lowest BCUT2D eigenvalue weighted by Gasteiger charge is -2.07. The summed E-state index contributed by atoms with van der Waals surface area (Å²) < 4.78 is 52.1. The zero-order valence-electron chi connectivity index (χ0n) is 13.0. The van der Waals surface area contributed by atoms with Crippen LogP contribution in [0.4, 0.5) is 17.6 Å². The molecule has 3 rings (SSSR count). The topological polar surface area (TPSA) is 65.4 Å². The standard InChI is InChI=1S/C18H10F4N4/c19-15-7-6-14(18(20,21)22)9-12(15)5-4-11-2-1-3-13(8-11)17-16(10-23)24-26-25-17/h1-9H,(H,24,25,26)/b5-4+. The maximum Gasteiger partial charge on any atom is 0.416 e. The summed E-state index contributed by atoms with van der Waals surface area (Å²) in [4.78, 5) is 0. The predicted octanol–water partition coefficient (Wildman–Crippen LogP) is 4.67.